The van der Waals surface area contributed by atoms with Crippen molar-refractivity contribution in [1.29, 1.82) is 0 Å². The van der Waals surface area contributed by atoms with E-state index in [9.17, 15) is 0 Å². The molecule has 0 heterocycles. The molecule has 3 aliphatic rings. The first-order valence-corrected chi connectivity index (χ1v) is 6.04. The second kappa shape index (κ2) is 2.21. The van der Waals surface area contributed by atoms with Gasteiger partial charge in [0.15, 0.2) is 0 Å². The summed E-state index contributed by atoms with van der Waals surface area (Å²) < 4.78 is 0. The van der Waals surface area contributed by atoms with E-state index in [1.54, 1.807) is 5.56 Å². The Hall–Kier alpha value is -1.04. The van der Waals surface area contributed by atoms with Crippen molar-refractivity contribution in [1.82, 2.24) is 0 Å². The molecule has 0 saturated heterocycles. The van der Waals surface area contributed by atoms with E-state index in [0.717, 1.165) is 5.92 Å². The molecule has 2 saturated carbocycles. The van der Waals surface area contributed by atoms with Gasteiger partial charge in [-0.2, -0.15) is 0 Å². The molecule has 0 amide bonds. The van der Waals surface area contributed by atoms with Crippen LogP contribution in [0.1, 0.15) is 30.4 Å². The van der Waals surface area contributed by atoms with Crippen molar-refractivity contribution in [2.75, 3.05) is 0 Å². The Balaban J connectivity index is 1.90. The first kappa shape index (κ1) is 8.15. The maximum atomic E-state index is 2.52. The summed E-state index contributed by atoms with van der Waals surface area (Å²) in [5.74, 6) is 0.862. The van der Waals surface area contributed by atoms with Crippen LogP contribution in [0.15, 0.2) is 36.4 Å². The van der Waals surface area contributed by atoms with Crippen molar-refractivity contribution in [3.8, 4) is 0 Å². The Bertz CT molecular complexity index is 465. The van der Waals surface area contributed by atoms with Crippen LogP contribution in [0.2, 0.25) is 0 Å². The molecule has 2 fully saturated rings. The van der Waals surface area contributed by atoms with Crippen LogP contribution in [0.3, 0.4) is 0 Å². The molecule has 3 aliphatic carbocycles. The SMILES string of the molecule is Cc1ccccc1C12CC1C=CC21CC1. The van der Waals surface area contributed by atoms with Gasteiger partial charge in [-0.25, -0.2) is 0 Å². The van der Waals surface area contributed by atoms with Gasteiger partial charge in [0.25, 0.3) is 0 Å². The molecule has 4 rings (SSSR count). The zero-order chi connectivity index (χ0) is 10.1. The molecule has 76 valence electrons. The second-order valence-corrected chi connectivity index (χ2v) is 5.61. The van der Waals surface area contributed by atoms with Gasteiger partial charge < -0.3 is 0 Å². The maximum absolute atomic E-state index is 2.52. The molecule has 0 aliphatic heterocycles. The molecule has 0 heteroatoms. The third kappa shape index (κ3) is 0.770. The molecule has 0 nitrogen and oxygen atoms in total. The molecule has 2 unspecified atom stereocenters. The van der Waals surface area contributed by atoms with E-state index in [-0.39, 0.29) is 0 Å². The van der Waals surface area contributed by atoms with Crippen LogP contribution in [0.25, 0.3) is 0 Å². The third-order valence-electron chi connectivity index (χ3n) is 4.97. The Morgan fingerprint density at radius 3 is 2.67 bits per heavy atom. The fraction of sp³-hybridized carbons (Fsp3) is 0.467. The van der Waals surface area contributed by atoms with Gasteiger partial charge in [0, 0.05) is 5.41 Å². The molecule has 15 heavy (non-hydrogen) atoms. The summed E-state index contributed by atoms with van der Waals surface area (Å²) in [4.78, 5) is 0. The van der Waals surface area contributed by atoms with Gasteiger partial charge >= 0.3 is 0 Å². The first-order chi connectivity index (χ1) is 7.29. The number of hydrogen-bond donors (Lipinski definition) is 0. The average Bonchev–Trinajstić information content (AvgIpc) is 3.08. The number of benzene rings is 1. The zero-order valence-corrected chi connectivity index (χ0v) is 9.16. The van der Waals surface area contributed by atoms with Gasteiger partial charge in [-0.05, 0) is 48.6 Å². The molecule has 1 spiro atoms. The lowest BCUT2D eigenvalue weighted by Gasteiger charge is -2.24. The Morgan fingerprint density at radius 1 is 1.20 bits per heavy atom. The van der Waals surface area contributed by atoms with Gasteiger partial charge in [-0.1, -0.05) is 36.4 Å². The standard InChI is InChI=1S/C15H16/c1-11-4-2-3-5-13(11)15-10-12(15)6-7-14(15)8-9-14/h2-7,12H,8-10H2,1H3. The molecule has 0 radical (unpaired) electrons. The van der Waals surface area contributed by atoms with Crippen molar-refractivity contribution >= 4 is 0 Å². The predicted octanol–water partition coefficient (Wildman–Crippen LogP) is 3.60. The molecular weight excluding hydrogens is 180 g/mol. The number of hydrogen-bond acceptors (Lipinski definition) is 0. The molecular formula is C15H16. The van der Waals surface area contributed by atoms with Crippen LogP contribution in [0, 0.1) is 18.3 Å². The van der Waals surface area contributed by atoms with E-state index in [1.165, 1.54) is 24.8 Å². The Kier molecular flexibility index (Phi) is 1.20. The normalized spacial score (nSPS) is 38.1. The largest absolute Gasteiger partial charge is 0.0839 e. The van der Waals surface area contributed by atoms with Crippen LogP contribution in [0.4, 0.5) is 0 Å². The van der Waals surface area contributed by atoms with Gasteiger partial charge in [0.05, 0.1) is 0 Å². The topological polar surface area (TPSA) is 0 Å². The van der Waals surface area contributed by atoms with Crippen LogP contribution in [0.5, 0.6) is 0 Å². The lowest BCUT2D eigenvalue weighted by molar-refractivity contribution is 0.473. The molecule has 1 aromatic rings. The van der Waals surface area contributed by atoms with Crippen molar-refractivity contribution < 1.29 is 0 Å². The Morgan fingerprint density at radius 2 is 2.00 bits per heavy atom. The summed E-state index contributed by atoms with van der Waals surface area (Å²) in [6.45, 7) is 2.27. The maximum Gasteiger partial charge on any atom is 0.0115 e. The molecule has 2 atom stereocenters. The summed E-state index contributed by atoms with van der Waals surface area (Å²) >= 11 is 0. The molecule has 0 aromatic heterocycles. The first-order valence-electron chi connectivity index (χ1n) is 6.04. The average molecular weight is 196 g/mol. The summed E-state index contributed by atoms with van der Waals surface area (Å²) in [5, 5.41) is 0. The highest BCUT2D eigenvalue weighted by Crippen LogP contribution is 2.78. The van der Waals surface area contributed by atoms with Crippen molar-refractivity contribution in [3.05, 3.63) is 47.5 Å². The van der Waals surface area contributed by atoms with Gasteiger partial charge in [-0.3, -0.25) is 0 Å². The lowest BCUT2D eigenvalue weighted by atomic mass is 9.79. The van der Waals surface area contributed by atoms with Crippen LogP contribution in [-0.4, -0.2) is 0 Å². The zero-order valence-electron chi connectivity index (χ0n) is 9.16. The third-order valence-corrected chi connectivity index (χ3v) is 4.97. The van der Waals surface area contributed by atoms with E-state index >= 15 is 0 Å². The van der Waals surface area contributed by atoms with Gasteiger partial charge in [-0.15, -0.1) is 0 Å². The fourth-order valence-corrected chi connectivity index (χ4v) is 3.94. The minimum Gasteiger partial charge on any atom is -0.0839 e. The summed E-state index contributed by atoms with van der Waals surface area (Å²) in [7, 11) is 0. The number of allylic oxidation sites excluding steroid dienone is 2. The molecule has 0 bridgehead atoms. The van der Waals surface area contributed by atoms with E-state index in [4.69, 9.17) is 0 Å². The van der Waals surface area contributed by atoms with Gasteiger partial charge in [0.2, 0.25) is 0 Å². The quantitative estimate of drug-likeness (QED) is 0.602. The monoisotopic (exact) mass is 196 g/mol. The number of fused-ring (bicyclic) bond motifs is 2. The van der Waals surface area contributed by atoms with E-state index < -0.39 is 0 Å². The molecule has 1 aromatic carbocycles. The van der Waals surface area contributed by atoms with E-state index in [1.807, 2.05) is 0 Å². The van der Waals surface area contributed by atoms with E-state index in [0.29, 0.717) is 10.8 Å². The second-order valence-electron chi connectivity index (χ2n) is 5.61. The highest BCUT2D eigenvalue weighted by atomic mass is 14.8. The number of aryl methyl sites for hydroxylation is 1. The minimum atomic E-state index is 0.540. The van der Waals surface area contributed by atoms with Crippen LogP contribution >= 0.6 is 0 Å². The number of rotatable bonds is 1. The van der Waals surface area contributed by atoms with Gasteiger partial charge in [0.1, 0.15) is 0 Å². The van der Waals surface area contributed by atoms with Crippen molar-refractivity contribution in [2.24, 2.45) is 11.3 Å². The predicted molar refractivity (Wildman–Crippen MR) is 61.8 cm³/mol. The van der Waals surface area contributed by atoms with Crippen molar-refractivity contribution in [2.45, 2.75) is 31.6 Å². The minimum absolute atomic E-state index is 0.540. The van der Waals surface area contributed by atoms with Crippen LogP contribution < -0.4 is 0 Å². The highest BCUT2D eigenvalue weighted by Gasteiger charge is 2.72. The van der Waals surface area contributed by atoms with Crippen molar-refractivity contribution in [3.63, 3.8) is 0 Å². The smallest absolute Gasteiger partial charge is 0.0115 e. The van der Waals surface area contributed by atoms with E-state index in [2.05, 4.69) is 43.3 Å². The highest BCUT2D eigenvalue weighted by molar-refractivity contribution is 5.52. The lowest BCUT2D eigenvalue weighted by Crippen LogP contribution is -2.20. The summed E-state index contributed by atoms with van der Waals surface area (Å²) in [6.07, 6.45) is 9.27. The Labute approximate surface area is 91.0 Å². The fourth-order valence-electron chi connectivity index (χ4n) is 3.94. The molecule has 0 N–H and O–H groups in total. The summed E-state index contributed by atoms with van der Waals surface area (Å²) in [5.41, 5.74) is 4.26. The summed E-state index contributed by atoms with van der Waals surface area (Å²) in [6, 6.07) is 9.01. The van der Waals surface area contributed by atoms with Crippen LogP contribution in [-0.2, 0) is 5.41 Å².